The van der Waals surface area contributed by atoms with Crippen molar-refractivity contribution in [2.24, 2.45) is 11.8 Å². The number of esters is 1. The van der Waals surface area contributed by atoms with Crippen molar-refractivity contribution >= 4 is 23.6 Å². The lowest BCUT2D eigenvalue weighted by Crippen LogP contribution is -2.37. The van der Waals surface area contributed by atoms with Gasteiger partial charge in [-0.25, -0.2) is 9.18 Å². The topological polar surface area (TPSA) is 84.5 Å². The third-order valence-corrected chi connectivity index (χ3v) is 3.13. The second-order valence-corrected chi connectivity index (χ2v) is 4.91. The van der Waals surface area contributed by atoms with Gasteiger partial charge in [-0.15, -0.1) is 0 Å². The highest BCUT2D eigenvalue weighted by atomic mass is 19.1. The summed E-state index contributed by atoms with van der Waals surface area (Å²) in [6.45, 7) is 1.38. The van der Waals surface area contributed by atoms with Gasteiger partial charge >= 0.3 is 12.0 Å². The maximum Gasteiger partial charge on any atom is 0.326 e. The van der Waals surface area contributed by atoms with Crippen LogP contribution in [-0.4, -0.2) is 24.5 Å². The Morgan fingerprint density at radius 1 is 1.33 bits per heavy atom. The summed E-state index contributed by atoms with van der Waals surface area (Å²) in [5.74, 6) is -1.69. The van der Waals surface area contributed by atoms with Gasteiger partial charge < -0.3 is 10.1 Å². The fourth-order valence-electron chi connectivity index (χ4n) is 1.77. The Morgan fingerprint density at radius 2 is 2.00 bits per heavy atom. The van der Waals surface area contributed by atoms with Crippen molar-refractivity contribution in [2.75, 3.05) is 11.9 Å². The van der Waals surface area contributed by atoms with Gasteiger partial charge in [-0.1, -0.05) is 19.1 Å². The number of carbonyl (C=O) groups excluding carboxylic acids is 3. The Bertz CT molecular complexity index is 576. The molecule has 1 fully saturated rings. The summed E-state index contributed by atoms with van der Waals surface area (Å²) >= 11 is 0. The van der Waals surface area contributed by atoms with E-state index in [4.69, 9.17) is 4.74 Å². The molecule has 2 atom stereocenters. The normalized spacial score (nSPS) is 19.5. The predicted molar refractivity (Wildman–Crippen MR) is 71.8 cm³/mol. The van der Waals surface area contributed by atoms with E-state index < -0.39 is 30.3 Å². The second kappa shape index (κ2) is 6.34. The van der Waals surface area contributed by atoms with Crippen LogP contribution in [0.5, 0.6) is 0 Å². The molecular weight excluding hydrogens is 279 g/mol. The molecule has 0 aromatic heterocycles. The molecule has 1 aliphatic rings. The molecule has 0 saturated heterocycles. The molecule has 1 aliphatic carbocycles. The number of hydrogen-bond acceptors (Lipinski definition) is 4. The quantitative estimate of drug-likeness (QED) is 0.827. The van der Waals surface area contributed by atoms with Crippen molar-refractivity contribution in [1.82, 2.24) is 5.32 Å². The smallest absolute Gasteiger partial charge is 0.326 e. The zero-order valence-electron chi connectivity index (χ0n) is 11.4. The summed E-state index contributed by atoms with van der Waals surface area (Å²) in [7, 11) is 0. The van der Waals surface area contributed by atoms with Gasteiger partial charge in [-0.05, 0) is 24.5 Å². The number of amides is 3. The summed E-state index contributed by atoms with van der Waals surface area (Å²) in [6, 6.07) is 4.66. The molecule has 2 N–H and O–H groups in total. The lowest BCUT2D eigenvalue weighted by atomic mass is 10.3. The van der Waals surface area contributed by atoms with Crippen LogP contribution in [0.25, 0.3) is 0 Å². The molecular formula is C14H15FN2O4. The van der Waals surface area contributed by atoms with Crippen molar-refractivity contribution in [3.05, 3.63) is 30.1 Å². The summed E-state index contributed by atoms with van der Waals surface area (Å²) in [6.07, 6.45) is 0.758. The van der Waals surface area contributed by atoms with Crippen LogP contribution in [0.1, 0.15) is 13.3 Å². The van der Waals surface area contributed by atoms with Gasteiger partial charge in [-0.3, -0.25) is 14.9 Å². The predicted octanol–water partition coefficient (Wildman–Crippen LogP) is 1.67. The van der Waals surface area contributed by atoms with Crippen molar-refractivity contribution < 1.29 is 23.5 Å². The Kier molecular flexibility index (Phi) is 4.52. The molecule has 112 valence electrons. The average molecular weight is 294 g/mol. The molecule has 7 heteroatoms. The highest BCUT2D eigenvalue weighted by Gasteiger charge is 2.40. The number of para-hydroxylation sites is 1. The van der Waals surface area contributed by atoms with Crippen LogP contribution in [0.2, 0.25) is 0 Å². The van der Waals surface area contributed by atoms with Crippen molar-refractivity contribution in [3.8, 4) is 0 Å². The third-order valence-electron chi connectivity index (χ3n) is 3.13. The first-order chi connectivity index (χ1) is 9.97. The number of ether oxygens (including phenoxy) is 1. The Morgan fingerprint density at radius 3 is 2.62 bits per heavy atom. The number of halogens is 1. The number of benzene rings is 1. The highest BCUT2D eigenvalue weighted by Crippen LogP contribution is 2.38. The maximum absolute atomic E-state index is 13.3. The van der Waals surface area contributed by atoms with Crippen molar-refractivity contribution in [3.63, 3.8) is 0 Å². The zero-order chi connectivity index (χ0) is 15.4. The van der Waals surface area contributed by atoms with Crippen molar-refractivity contribution in [2.45, 2.75) is 13.3 Å². The average Bonchev–Trinajstić information content (AvgIpc) is 3.16. The minimum Gasteiger partial charge on any atom is -0.455 e. The fraction of sp³-hybridized carbons (Fsp3) is 0.357. The summed E-state index contributed by atoms with van der Waals surface area (Å²) in [5, 5.41) is 4.13. The van der Waals surface area contributed by atoms with Crippen molar-refractivity contribution in [1.29, 1.82) is 0 Å². The summed E-state index contributed by atoms with van der Waals surface area (Å²) in [5.41, 5.74) is -0.0494. The lowest BCUT2D eigenvalue weighted by molar-refractivity contribution is -0.149. The number of hydrogen-bond donors (Lipinski definition) is 2. The molecule has 21 heavy (non-hydrogen) atoms. The molecule has 2 rings (SSSR count). The highest BCUT2D eigenvalue weighted by molar-refractivity contribution is 6.01. The maximum atomic E-state index is 13.3. The Labute approximate surface area is 120 Å². The zero-order valence-corrected chi connectivity index (χ0v) is 11.4. The Balaban J connectivity index is 1.73. The van der Waals surface area contributed by atoms with E-state index in [2.05, 4.69) is 5.32 Å². The van der Waals surface area contributed by atoms with Crippen LogP contribution in [0.15, 0.2) is 24.3 Å². The molecule has 0 unspecified atom stereocenters. The largest absolute Gasteiger partial charge is 0.455 e. The number of carbonyl (C=O) groups is 3. The van der Waals surface area contributed by atoms with E-state index in [1.807, 2.05) is 12.2 Å². The Hall–Kier alpha value is -2.44. The fourth-order valence-corrected chi connectivity index (χ4v) is 1.77. The molecule has 1 aromatic rings. The monoisotopic (exact) mass is 294 g/mol. The molecule has 0 aliphatic heterocycles. The molecule has 0 heterocycles. The number of anilines is 1. The van der Waals surface area contributed by atoms with Crippen LogP contribution >= 0.6 is 0 Å². The van der Waals surface area contributed by atoms with E-state index in [-0.39, 0.29) is 17.5 Å². The van der Waals surface area contributed by atoms with Crippen LogP contribution < -0.4 is 10.6 Å². The van der Waals surface area contributed by atoms with Gasteiger partial charge in [0.2, 0.25) is 0 Å². The van der Waals surface area contributed by atoms with Gasteiger partial charge in [0.1, 0.15) is 5.82 Å². The molecule has 6 nitrogen and oxygen atoms in total. The van der Waals surface area contributed by atoms with E-state index in [0.717, 1.165) is 6.42 Å². The number of rotatable bonds is 4. The minimum atomic E-state index is -0.888. The van der Waals surface area contributed by atoms with Crippen LogP contribution in [0.4, 0.5) is 14.9 Å². The van der Waals surface area contributed by atoms with E-state index >= 15 is 0 Å². The van der Waals surface area contributed by atoms with E-state index in [9.17, 15) is 18.8 Å². The number of nitrogens with one attached hydrogen (secondary N) is 2. The SMILES string of the molecule is C[C@@H]1C[C@@H]1C(=O)OCC(=O)NC(=O)Nc1ccccc1F. The minimum absolute atomic E-state index is 0.0494. The summed E-state index contributed by atoms with van der Waals surface area (Å²) in [4.78, 5) is 34.3. The first-order valence-corrected chi connectivity index (χ1v) is 6.49. The summed E-state index contributed by atoms with van der Waals surface area (Å²) < 4.78 is 18.0. The van der Waals surface area contributed by atoms with Gasteiger partial charge in [0, 0.05) is 0 Å². The van der Waals surface area contributed by atoms with Gasteiger partial charge in [0.25, 0.3) is 5.91 Å². The van der Waals surface area contributed by atoms with Crippen LogP contribution in [0.3, 0.4) is 0 Å². The molecule has 0 radical (unpaired) electrons. The van der Waals surface area contributed by atoms with Crippen LogP contribution in [0, 0.1) is 17.7 Å². The molecule has 1 aromatic carbocycles. The van der Waals surface area contributed by atoms with E-state index in [1.165, 1.54) is 18.2 Å². The van der Waals surface area contributed by atoms with Gasteiger partial charge in [-0.2, -0.15) is 0 Å². The standard InChI is InChI=1S/C14H15FN2O4/c1-8-6-9(8)13(19)21-7-12(18)17-14(20)16-11-5-3-2-4-10(11)15/h2-5,8-9H,6-7H2,1H3,(H2,16,17,18,20)/t8-,9+/m1/s1. The van der Waals surface area contributed by atoms with Gasteiger partial charge in [0.15, 0.2) is 6.61 Å². The lowest BCUT2D eigenvalue weighted by Gasteiger charge is -2.08. The van der Waals surface area contributed by atoms with E-state index in [0.29, 0.717) is 0 Å². The first kappa shape index (κ1) is 15.0. The van der Waals surface area contributed by atoms with E-state index in [1.54, 1.807) is 6.07 Å². The number of urea groups is 1. The third kappa shape index (κ3) is 4.27. The molecule has 0 spiro atoms. The van der Waals surface area contributed by atoms with Crippen LogP contribution in [-0.2, 0) is 14.3 Å². The first-order valence-electron chi connectivity index (χ1n) is 6.49. The molecule has 3 amide bonds. The molecule has 1 saturated carbocycles. The second-order valence-electron chi connectivity index (χ2n) is 4.91. The number of imide groups is 1. The van der Waals surface area contributed by atoms with Gasteiger partial charge in [0.05, 0.1) is 11.6 Å². The molecule has 0 bridgehead atoms.